The highest BCUT2D eigenvalue weighted by Crippen LogP contribution is 2.23. The third-order valence-electron chi connectivity index (χ3n) is 2.65. The molecule has 2 rings (SSSR count). The maximum atomic E-state index is 13.4. The van der Waals surface area contributed by atoms with Crippen LogP contribution in [0, 0.1) is 17.5 Å². The first-order chi connectivity index (χ1) is 9.49. The molecule has 20 heavy (non-hydrogen) atoms. The fraction of sp³-hybridized carbons (Fsp3) is 0.143. The number of hydrogen-bond donors (Lipinski definition) is 1. The van der Waals surface area contributed by atoms with Crippen LogP contribution in [-0.2, 0) is 0 Å². The maximum absolute atomic E-state index is 13.4. The van der Waals surface area contributed by atoms with Gasteiger partial charge in [-0.3, -0.25) is 0 Å². The SMILES string of the molecule is OC(COc1ccc(Cl)cc1)c1ccc(F)c(F)c1F. The molecule has 1 atom stereocenters. The topological polar surface area (TPSA) is 29.5 Å². The monoisotopic (exact) mass is 302 g/mol. The fourth-order valence-electron chi connectivity index (χ4n) is 1.59. The van der Waals surface area contributed by atoms with Crippen LogP contribution in [-0.4, -0.2) is 11.7 Å². The van der Waals surface area contributed by atoms with Crippen LogP contribution in [0.5, 0.6) is 5.75 Å². The zero-order valence-electron chi connectivity index (χ0n) is 10.1. The highest BCUT2D eigenvalue weighted by Gasteiger charge is 2.19. The molecule has 0 radical (unpaired) electrons. The van der Waals surface area contributed by atoms with Crippen molar-refractivity contribution >= 4 is 11.6 Å². The van der Waals surface area contributed by atoms with E-state index in [1.54, 1.807) is 24.3 Å². The van der Waals surface area contributed by atoms with Gasteiger partial charge in [0.2, 0.25) is 0 Å². The minimum absolute atomic E-state index is 0.302. The lowest BCUT2D eigenvalue weighted by Gasteiger charge is -2.14. The molecule has 0 bridgehead atoms. The average Bonchev–Trinajstić information content (AvgIpc) is 2.44. The van der Waals surface area contributed by atoms with Crippen LogP contribution in [0.1, 0.15) is 11.7 Å². The van der Waals surface area contributed by atoms with Crippen molar-refractivity contribution in [3.63, 3.8) is 0 Å². The molecule has 1 N–H and O–H groups in total. The molecule has 0 spiro atoms. The van der Waals surface area contributed by atoms with E-state index in [1.807, 2.05) is 0 Å². The van der Waals surface area contributed by atoms with Crippen molar-refractivity contribution in [1.29, 1.82) is 0 Å². The lowest BCUT2D eigenvalue weighted by atomic mass is 10.1. The Kier molecular flexibility index (Phi) is 4.52. The Labute approximate surface area is 118 Å². The second-order valence-corrected chi connectivity index (χ2v) is 4.48. The first-order valence-electron chi connectivity index (χ1n) is 5.69. The first kappa shape index (κ1) is 14.7. The van der Waals surface area contributed by atoms with Gasteiger partial charge in [-0.2, -0.15) is 0 Å². The van der Waals surface area contributed by atoms with Gasteiger partial charge in [0.05, 0.1) is 0 Å². The van der Waals surface area contributed by atoms with Crippen LogP contribution in [0.3, 0.4) is 0 Å². The van der Waals surface area contributed by atoms with E-state index < -0.39 is 23.6 Å². The number of aliphatic hydroxyl groups is 1. The smallest absolute Gasteiger partial charge is 0.194 e. The summed E-state index contributed by atoms with van der Waals surface area (Å²) < 4.78 is 44.5. The Hall–Kier alpha value is -1.72. The van der Waals surface area contributed by atoms with Gasteiger partial charge in [-0.15, -0.1) is 0 Å². The molecule has 0 heterocycles. The molecule has 0 saturated carbocycles. The van der Waals surface area contributed by atoms with E-state index in [2.05, 4.69) is 0 Å². The van der Waals surface area contributed by atoms with Crippen LogP contribution < -0.4 is 4.74 Å². The summed E-state index contributed by atoms with van der Waals surface area (Å²) in [6, 6.07) is 8.03. The normalized spacial score (nSPS) is 12.2. The number of aliphatic hydroxyl groups excluding tert-OH is 1. The second-order valence-electron chi connectivity index (χ2n) is 4.05. The minimum atomic E-state index is -1.62. The van der Waals surface area contributed by atoms with Crippen molar-refractivity contribution in [2.24, 2.45) is 0 Å². The van der Waals surface area contributed by atoms with Crippen LogP contribution in [0.15, 0.2) is 36.4 Å². The molecule has 0 aliphatic rings. The summed E-state index contributed by atoms with van der Waals surface area (Å²) in [6.45, 7) is -0.302. The summed E-state index contributed by atoms with van der Waals surface area (Å²) in [4.78, 5) is 0. The highest BCUT2D eigenvalue weighted by atomic mass is 35.5. The highest BCUT2D eigenvalue weighted by molar-refractivity contribution is 6.30. The van der Waals surface area contributed by atoms with E-state index in [4.69, 9.17) is 16.3 Å². The predicted octanol–water partition coefficient (Wildman–Crippen LogP) is 3.87. The Morgan fingerprint density at radius 1 is 1.00 bits per heavy atom. The zero-order chi connectivity index (χ0) is 14.7. The molecule has 0 saturated heterocycles. The minimum Gasteiger partial charge on any atom is -0.491 e. The average molecular weight is 303 g/mol. The Bertz CT molecular complexity index is 602. The Balaban J connectivity index is 2.07. The first-order valence-corrected chi connectivity index (χ1v) is 6.06. The standard InChI is InChI=1S/C14H10ClF3O2/c15-8-1-3-9(4-2-8)20-7-12(19)10-5-6-11(16)14(18)13(10)17/h1-6,12,19H,7H2. The molecule has 1 unspecified atom stereocenters. The summed E-state index contributed by atoms with van der Waals surface area (Å²) in [6.07, 6.45) is -1.42. The molecule has 0 fully saturated rings. The van der Waals surface area contributed by atoms with Crippen molar-refractivity contribution in [2.75, 3.05) is 6.61 Å². The summed E-state index contributed by atoms with van der Waals surface area (Å²) >= 11 is 5.69. The van der Waals surface area contributed by atoms with E-state index in [-0.39, 0.29) is 12.2 Å². The van der Waals surface area contributed by atoms with Gasteiger partial charge in [-0.1, -0.05) is 17.7 Å². The van der Waals surface area contributed by atoms with Gasteiger partial charge in [0.15, 0.2) is 17.5 Å². The molecule has 2 aromatic rings. The van der Waals surface area contributed by atoms with E-state index in [0.717, 1.165) is 12.1 Å². The molecule has 6 heteroatoms. The van der Waals surface area contributed by atoms with Gasteiger partial charge >= 0.3 is 0 Å². The summed E-state index contributed by atoms with van der Waals surface area (Å²) in [5, 5.41) is 10.3. The van der Waals surface area contributed by atoms with Crippen molar-refractivity contribution < 1.29 is 23.0 Å². The van der Waals surface area contributed by atoms with Gasteiger partial charge in [0.1, 0.15) is 18.5 Å². The van der Waals surface area contributed by atoms with Crippen LogP contribution in [0.2, 0.25) is 5.02 Å². The molecule has 0 amide bonds. The lowest BCUT2D eigenvalue weighted by Crippen LogP contribution is -2.12. The molecule has 106 valence electrons. The predicted molar refractivity (Wildman–Crippen MR) is 68.2 cm³/mol. The molecular weight excluding hydrogens is 293 g/mol. The van der Waals surface area contributed by atoms with Gasteiger partial charge in [0.25, 0.3) is 0 Å². The summed E-state index contributed by atoms with van der Waals surface area (Å²) in [5.41, 5.74) is -0.363. The number of benzene rings is 2. The third kappa shape index (κ3) is 3.23. The van der Waals surface area contributed by atoms with Gasteiger partial charge < -0.3 is 9.84 Å². The number of hydrogen-bond acceptors (Lipinski definition) is 2. The fourth-order valence-corrected chi connectivity index (χ4v) is 1.72. The zero-order valence-corrected chi connectivity index (χ0v) is 10.9. The van der Waals surface area contributed by atoms with Gasteiger partial charge in [-0.25, -0.2) is 13.2 Å². The number of ether oxygens (including phenoxy) is 1. The van der Waals surface area contributed by atoms with Gasteiger partial charge in [0, 0.05) is 10.6 Å². The quantitative estimate of drug-likeness (QED) is 0.869. The van der Waals surface area contributed by atoms with E-state index in [9.17, 15) is 18.3 Å². The number of rotatable bonds is 4. The van der Waals surface area contributed by atoms with E-state index in [0.29, 0.717) is 10.8 Å². The van der Waals surface area contributed by atoms with Crippen molar-refractivity contribution in [2.45, 2.75) is 6.10 Å². The van der Waals surface area contributed by atoms with Gasteiger partial charge in [-0.05, 0) is 30.3 Å². The summed E-state index contributed by atoms with van der Waals surface area (Å²) in [7, 11) is 0. The molecule has 0 aromatic heterocycles. The maximum Gasteiger partial charge on any atom is 0.194 e. The molecule has 0 aliphatic carbocycles. The molecule has 2 aromatic carbocycles. The molecule has 0 aliphatic heterocycles. The number of halogens is 4. The second kappa shape index (κ2) is 6.15. The third-order valence-corrected chi connectivity index (χ3v) is 2.90. The van der Waals surface area contributed by atoms with Crippen molar-refractivity contribution in [1.82, 2.24) is 0 Å². The van der Waals surface area contributed by atoms with Crippen LogP contribution >= 0.6 is 11.6 Å². The lowest BCUT2D eigenvalue weighted by molar-refractivity contribution is 0.104. The summed E-state index contributed by atoms with van der Waals surface area (Å²) in [5.74, 6) is -3.93. The molecule has 2 nitrogen and oxygen atoms in total. The Morgan fingerprint density at radius 2 is 1.65 bits per heavy atom. The van der Waals surface area contributed by atoms with Crippen LogP contribution in [0.25, 0.3) is 0 Å². The van der Waals surface area contributed by atoms with E-state index in [1.165, 1.54) is 0 Å². The van der Waals surface area contributed by atoms with Crippen LogP contribution in [0.4, 0.5) is 13.2 Å². The van der Waals surface area contributed by atoms with Crippen molar-refractivity contribution in [3.8, 4) is 5.75 Å². The van der Waals surface area contributed by atoms with E-state index >= 15 is 0 Å². The molecular formula is C14H10ClF3O2. The largest absolute Gasteiger partial charge is 0.491 e. The Morgan fingerprint density at radius 3 is 2.30 bits per heavy atom. The van der Waals surface area contributed by atoms with Crippen molar-refractivity contribution in [3.05, 3.63) is 64.4 Å².